The van der Waals surface area contributed by atoms with Crippen molar-refractivity contribution in [1.82, 2.24) is 10.2 Å². The van der Waals surface area contributed by atoms with Crippen molar-refractivity contribution in [2.24, 2.45) is 11.8 Å². The van der Waals surface area contributed by atoms with Crippen LogP contribution in [0.5, 0.6) is 0 Å². The molecule has 2 unspecified atom stereocenters. The topological polar surface area (TPSA) is 98.7 Å². The minimum Gasteiger partial charge on any atom is -0.394 e. The van der Waals surface area contributed by atoms with Crippen molar-refractivity contribution in [3.63, 3.8) is 0 Å². The van der Waals surface area contributed by atoms with Crippen LogP contribution in [0.15, 0.2) is 54.6 Å². The predicted octanol–water partition coefficient (Wildman–Crippen LogP) is 4.02. The predicted molar refractivity (Wildman–Crippen MR) is 145 cm³/mol. The van der Waals surface area contributed by atoms with E-state index in [4.69, 9.17) is 11.6 Å². The van der Waals surface area contributed by atoms with Crippen molar-refractivity contribution in [3.8, 4) is 0 Å². The first-order valence-electron chi connectivity index (χ1n) is 12.8. The molecule has 0 aromatic heterocycles. The summed E-state index contributed by atoms with van der Waals surface area (Å²) in [6, 6.07) is 14.6. The van der Waals surface area contributed by atoms with Gasteiger partial charge in [0.15, 0.2) is 0 Å². The first-order valence-corrected chi connectivity index (χ1v) is 14.0. The first-order chi connectivity index (χ1) is 17.8. The molecular formula is C28H32ClN3O4S. The second kappa shape index (κ2) is 9.97. The highest BCUT2D eigenvalue weighted by molar-refractivity contribution is 8.02. The fraction of sp³-hybridized carbons (Fsp3) is 0.464. The van der Waals surface area contributed by atoms with Gasteiger partial charge in [-0.15, -0.1) is 11.8 Å². The van der Waals surface area contributed by atoms with Crippen molar-refractivity contribution in [1.29, 1.82) is 0 Å². The molecule has 7 nitrogen and oxygen atoms in total. The molecule has 3 saturated heterocycles. The number of anilines is 1. The van der Waals surface area contributed by atoms with Gasteiger partial charge in [-0.3, -0.25) is 14.4 Å². The van der Waals surface area contributed by atoms with E-state index in [1.165, 1.54) is 0 Å². The molecule has 3 aliphatic heterocycles. The zero-order valence-corrected chi connectivity index (χ0v) is 22.5. The highest BCUT2D eigenvalue weighted by atomic mass is 35.5. The SMILES string of the molecule is CCCNC(=O)[C@H]1[C@H]2C(=O)N([C@H](CO)c3ccccc3)C(C(=O)Nc3ccccc3Cl)C23CC[C@]1(C)S3. The van der Waals surface area contributed by atoms with Crippen LogP contribution in [0.25, 0.3) is 0 Å². The maximum atomic E-state index is 14.3. The number of fused-ring (bicyclic) bond motifs is 1. The molecule has 2 aromatic carbocycles. The van der Waals surface area contributed by atoms with E-state index < -0.39 is 33.4 Å². The Balaban J connectivity index is 1.60. The van der Waals surface area contributed by atoms with E-state index in [2.05, 4.69) is 10.6 Å². The Morgan fingerprint density at radius 3 is 2.51 bits per heavy atom. The van der Waals surface area contributed by atoms with Gasteiger partial charge in [0.1, 0.15) is 6.04 Å². The molecule has 0 radical (unpaired) electrons. The Hall–Kier alpha value is -2.55. The molecule has 3 aliphatic rings. The molecule has 3 N–H and O–H groups in total. The third kappa shape index (κ3) is 4.14. The number of rotatable bonds is 8. The summed E-state index contributed by atoms with van der Waals surface area (Å²) < 4.78 is -1.23. The minimum absolute atomic E-state index is 0.135. The number of nitrogens with one attached hydrogen (secondary N) is 2. The Labute approximate surface area is 226 Å². The zero-order valence-electron chi connectivity index (χ0n) is 20.9. The number of aliphatic hydroxyl groups excluding tert-OH is 1. The van der Waals surface area contributed by atoms with Gasteiger partial charge in [0, 0.05) is 11.3 Å². The van der Waals surface area contributed by atoms with Gasteiger partial charge in [-0.1, -0.05) is 61.0 Å². The molecule has 37 heavy (non-hydrogen) atoms. The third-order valence-electron chi connectivity index (χ3n) is 8.12. The summed E-state index contributed by atoms with van der Waals surface area (Å²) in [4.78, 5) is 43.4. The van der Waals surface area contributed by atoms with Crippen LogP contribution in [0.1, 0.15) is 44.7 Å². The molecule has 3 fully saturated rings. The summed E-state index contributed by atoms with van der Waals surface area (Å²) in [7, 11) is 0. The summed E-state index contributed by atoms with van der Waals surface area (Å²) >= 11 is 7.96. The highest BCUT2D eigenvalue weighted by Crippen LogP contribution is 2.72. The lowest BCUT2D eigenvalue weighted by Gasteiger charge is -2.37. The van der Waals surface area contributed by atoms with Crippen molar-refractivity contribution >= 4 is 46.8 Å². The Morgan fingerprint density at radius 1 is 1.14 bits per heavy atom. The van der Waals surface area contributed by atoms with Crippen molar-refractivity contribution in [2.75, 3.05) is 18.5 Å². The number of hydrogen-bond donors (Lipinski definition) is 3. The molecule has 5 rings (SSSR count). The standard InChI is InChI=1S/C28H32ClN3O4S/c1-3-15-30-24(34)21-22-26(36)32(20(16-33)17-9-5-4-6-10-17)23(28(22)14-13-27(21,2)37-28)25(35)31-19-12-8-7-11-18(19)29/h4-12,20-23,33H,3,13-16H2,1-2H3,(H,30,34)(H,31,35)/t20-,21-,22+,23?,27+,28?/m1/s1. The van der Waals surface area contributed by atoms with E-state index in [0.717, 1.165) is 18.4 Å². The lowest BCUT2D eigenvalue weighted by Crippen LogP contribution is -2.53. The lowest BCUT2D eigenvalue weighted by molar-refractivity contribution is -0.142. The maximum Gasteiger partial charge on any atom is 0.248 e. The van der Waals surface area contributed by atoms with Gasteiger partial charge in [-0.2, -0.15) is 0 Å². The van der Waals surface area contributed by atoms with Crippen molar-refractivity contribution < 1.29 is 19.5 Å². The van der Waals surface area contributed by atoms with E-state index in [1.807, 2.05) is 44.2 Å². The molecule has 2 aromatic rings. The van der Waals surface area contributed by atoms with Crippen LogP contribution in [0.3, 0.4) is 0 Å². The number of carbonyl (C=O) groups is 3. The van der Waals surface area contributed by atoms with E-state index >= 15 is 0 Å². The molecule has 3 heterocycles. The largest absolute Gasteiger partial charge is 0.394 e. The molecule has 3 amide bonds. The Kier molecular flexibility index (Phi) is 7.02. The molecule has 0 aliphatic carbocycles. The Bertz CT molecular complexity index is 1210. The normalized spacial score (nSPS) is 30.8. The summed E-state index contributed by atoms with van der Waals surface area (Å²) in [6.45, 7) is 4.22. The smallest absolute Gasteiger partial charge is 0.248 e. The molecule has 9 heteroatoms. The second-order valence-corrected chi connectivity index (χ2v) is 12.6. The van der Waals surface area contributed by atoms with E-state index in [-0.39, 0.29) is 24.3 Å². The quantitative estimate of drug-likeness (QED) is 0.469. The summed E-state index contributed by atoms with van der Waals surface area (Å²) in [5.74, 6) is -1.96. The maximum absolute atomic E-state index is 14.3. The molecule has 6 atom stereocenters. The molecule has 196 valence electrons. The number of halogens is 1. The van der Waals surface area contributed by atoms with Crippen LogP contribution >= 0.6 is 23.4 Å². The van der Waals surface area contributed by atoms with Gasteiger partial charge in [-0.25, -0.2) is 0 Å². The van der Waals surface area contributed by atoms with Crippen LogP contribution in [0.4, 0.5) is 5.69 Å². The van der Waals surface area contributed by atoms with E-state index in [9.17, 15) is 19.5 Å². The van der Waals surface area contributed by atoms with Crippen LogP contribution in [-0.4, -0.2) is 56.4 Å². The van der Waals surface area contributed by atoms with Crippen LogP contribution in [0.2, 0.25) is 5.02 Å². The number of amides is 3. The van der Waals surface area contributed by atoms with Gasteiger partial charge in [0.2, 0.25) is 17.7 Å². The first kappa shape index (κ1) is 26.1. The molecule has 1 spiro atoms. The van der Waals surface area contributed by atoms with Gasteiger partial charge < -0.3 is 20.6 Å². The number of carbonyl (C=O) groups excluding carboxylic acids is 3. The number of hydrogen-bond acceptors (Lipinski definition) is 5. The summed E-state index contributed by atoms with van der Waals surface area (Å²) in [5, 5.41) is 16.9. The number of aliphatic hydroxyl groups is 1. The highest BCUT2D eigenvalue weighted by Gasteiger charge is 2.77. The molecular weight excluding hydrogens is 510 g/mol. The fourth-order valence-electron chi connectivity index (χ4n) is 6.55. The molecule has 2 bridgehead atoms. The number of para-hydroxylation sites is 1. The monoisotopic (exact) mass is 541 g/mol. The zero-order chi connectivity index (χ0) is 26.4. The number of likely N-dealkylation sites (tertiary alicyclic amines) is 1. The summed E-state index contributed by atoms with van der Waals surface area (Å²) in [6.07, 6.45) is 2.15. The van der Waals surface area contributed by atoms with Gasteiger partial charge >= 0.3 is 0 Å². The number of benzene rings is 2. The molecule has 0 saturated carbocycles. The average molecular weight is 542 g/mol. The van der Waals surface area contributed by atoms with Crippen LogP contribution in [-0.2, 0) is 14.4 Å². The Morgan fingerprint density at radius 2 is 1.84 bits per heavy atom. The van der Waals surface area contributed by atoms with Crippen LogP contribution < -0.4 is 10.6 Å². The van der Waals surface area contributed by atoms with E-state index in [0.29, 0.717) is 23.7 Å². The fourth-order valence-corrected chi connectivity index (χ4v) is 9.08. The number of nitrogens with zero attached hydrogens (tertiary/aromatic N) is 1. The van der Waals surface area contributed by atoms with Gasteiger partial charge in [0.05, 0.1) is 39.9 Å². The second-order valence-electron chi connectivity index (χ2n) is 10.3. The van der Waals surface area contributed by atoms with Crippen molar-refractivity contribution in [3.05, 3.63) is 65.2 Å². The third-order valence-corrected chi connectivity index (χ3v) is 10.4. The number of thioether (sulfide) groups is 1. The van der Waals surface area contributed by atoms with Gasteiger partial charge in [0.25, 0.3) is 0 Å². The van der Waals surface area contributed by atoms with E-state index in [1.54, 1.807) is 40.9 Å². The minimum atomic E-state index is -0.880. The van der Waals surface area contributed by atoms with Gasteiger partial charge in [-0.05, 0) is 43.9 Å². The van der Waals surface area contributed by atoms with Crippen LogP contribution in [0, 0.1) is 11.8 Å². The summed E-state index contributed by atoms with van der Waals surface area (Å²) in [5.41, 5.74) is 1.20. The lowest BCUT2D eigenvalue weighted by atomic mass is 9.66. The average Bonchev–Trinajstić information content (AvgIpc) is 3.46. The van der Waals surface area contributed by atoms with Crippen molar-refractivity contribution in [2.45, 2.75) is 54.7 Å².